The van der Waals surface area contributed by atoms with Gasteiger partial charge in [0.2, 0.25) is 5.91 Å². The van der Waals surface area contributed by atoms with Crippen molar-refractivity contribution in [2.75, 3.05) is 13.6 Å². The Morgan fingerprint density at radius 2 is 2.06 bits per heavy atom. The van der Waals surface area contributed by atoms with Crippen LogP contribution in [0.1, 0.15) is 18.4 Å². The van der Waals surface area contributed by atoms with Gasteiger partial charge in [0.25, 0.3) is 0 Å². The summed E-state index contributed by atoms with van der Waals surface area (Å²) in [6.45, 7) is 0.934. The van der Waals surface area contributed by atoms with Gasteiger partial charge >= 0.3 is 0 Å². The molecule has 0 radical (unpaired) electrons. The summed E-state index contributed by atoms with van der Waals surface area (Å²) in [6, 6.07) is 9.74. The van der Waals surface area contributed by atoms with Gasteiger partial charge in [-0.2, -0.15) is 0 Å². The molecule has 0 saturated carbocycles. The highest BCUT2D eigenvalue weighted by Crippen LogP contribution is 2.03. The molecule has 0 bridgehead atoms. The minimum atomic E-state index is -0.0404. The zero-order valence-corrected chi connectivity index (χ0v) is 9.56. The molecule has 1 aromatic carbocycles. The molecule has 1 rings (SSSR count). The molecule has 4 nitrogen and oxygen atoms in total. The van der Waals surface area contributed by atoms with Crippen LogP contribution in [-0.2, 0) is 16.2 Å². The Hall–Kier alpha value is -1.39. The standard InChI is InChI=1S/C12H18N2O2/c1-14(12(15)8-5-9-13)16-10-11-6-3-2-4-7-11/h2-4,6-7H,5,8-10,13H2,1H3. The lowest BCUT2D eigenvalue weighted by atomic mass is 10.2. The lowest BCUT2D eigenvalue weighted by Crippen LogP contribution is -2.27. The third-order valence-electron chi connectivity index (χ3n) is 2.21. The van der Waals surface area contributed by atoms with Gasteiger partial charge in [-0.15, -0.1) is 0 Å². The Labute approximate surface area is 95.9 Å². The Kier molecular flexibility index (Phi) is 5.53. The van der Waals surface area contributed by atoms with E-state index in [0.29, 0.717) is 26.0 Å². The minimum absolute atomic E-state index is 0.0404. The van der Waals surface area contributed by atoms with Crippen molar-refractivity contribution >= 4 is 5.91 Å². The average molecular weight is 222 g/mol. The summed E-state index contributed by atoms with van der Waals surface area (Å²) in [5, 5.41) is 1.28. The average Bonchev–Trinajstić information content (AvgIpc) is 2.34. The van der Waals surface area contributed by atoms with E-state index in [2.05, 4.69) is 0 Å². The van der Waals surface area contributed by atoms with Gasteiger partial charge in [0.1, 0.15) is 6.61 Å². The van der Waals surface area contributed by atoms with Crippen LogP contribution in [0.3, 0.4) is 0 Å². The van der Waals surface area contributed by atoms with Gasteiger partial charge in [-0.05, 0) is 18.5 Å². The Balaban J connectivity index is 2.29. The first-order valence-electron chi connectivity index (χ1n) is 5.37. The molecule has 1 amide bonds. The van der Waals surface area contributed by atoms with Crippen LogP contribution in [0.2, 0.25) is 0 Å². The van der Waals surface area contributed by atoms with Crippen LogP contribution in [0, 0.1) is 0 Å². The second kappa shape index (κ2) is 6.98. The van der Waals surface area contributed by atoms with Crippen molar-refractivity contribution in [2.45, 2.75) is 19.4 Å². The lowest BCUT2D eigenvalue weighted by Gasteiger charge is -2.16. The van der Waals surface area contributed by atoms with Gasteiger partial charge in [0, 0.05) is 13.5 Å². The molecule has 0 unspecified atom stereocenters. The van der Waals surface area contributed by atoms with Gasteiger partial charge in [0.05, 0.1) is 0 Å². The van der Waals surface area contributed by atoms with E-state index in [-0.39, 0.29) is 5.91 Å². The quantitative estimate of drug-likeness (QED) is 0.738. The van der Waals surface area contributed by atoms with E-state index < -0.39 is 0 Å². The fraction of sp³-hybridized carbons (Fsp3) is 0.417. The van der Waals surface area contributed by atoms with Crippen molar-refractivity contribution in [2.24, 2.45) is 5.73 Å². The van der Waals surface area contributed by atoms with E-state index in [4.69, 9.17) is 10.6 Å². The topological polar surface area (TPSA) is 55.6 Å². The zero-order chi connectivity index (χ0) is 11.8. The first-order chi connectivity index (χ1) is 7.74. The highest BCUT2D eigenvalue weighted by Gasteiger charge is 2.08. The zero-order valence-electron chi connectivity index (χ0n) is 9.56. The number of hydrogen-bond acceptors (Lipinski definition) is 3. The first-order valence-corrected chi connectivity index (χ1v) is 5.37. The molecule has 0 atom stereocenters. The smallest absolute Gasteiger partial charge is 0.245 e. The molecule has 0 fully saturated rings. The van der Waals surface area contributed by atoms with Gasteiger partial charge in [-0.3, -0.25) is 9.63 Å². The Morgan fingerprint density at radius 3 is 2.69 bits per heavy atom. The molecule has 4 heteroatoms. The molecule has 16 heavy (non-hydrogen) atoms. The molecule has 88 valence electrons. The van der Waals surface area contributed by atoms with Crippen molar-refractivity contribution in [3.63, 3.8) is 0 Å². The number of rotatable bonds is 6. The number of hydrogen-bond donors (Lipinski definition) is 1. The summed E-state index contributed by atoms with van der Waals surface area (Å²) < 4.78 is 0. The molecule has 2 N–H and O–H groups in total. The molecule has 0 aromatic heterocycles. The number of carbonyl (C=O) groups is 1. The fourth-order valence-electron chi connectivity index (χ4n) is 1.23. The van der Waals surface area contributed by atoms with Crippen LogP contribution in [0.15, 0.2) is 30.3 Å². The molecular weight excluding hydrogens is 204 g/mol. The number of benzene rings is 1. The monoisotopic (exact) mass is 222 g/mol. The number of nitrogens with zero attached hydrogens (tertiary/aromatic N) is 1. The maximum atomic E-state index is 11.5. The van der Waals surface area contributed by atoms with Gasteiger partial charge in [0.15, 0.2) is 0 Å². The molecular formula is C12H18N2O2. The second-order valence-electron chi connectivity index (χ2n) is 3.54. The number of carbonyl (C=O) groups excluding carboxylic acids is 1. The summed E-state index contributed by atoms with van der Waals surface area (Å²) in [7, 11) is 1.63. The van der Waals surface area contributed by atoms with Crippen LogP contribution >= 0.6 is 0 Å². The third-order valence-corrected chi connectivity index (χ3v) is 2.21. The lowest BCUT2D eigenvalue weighted by molar-refractivity contribution is -0.182. The minimum Gasteiger partial charge on any atom is -0.330 e. The normalized spacial score (nSPS) is 10.1. The molecule has 0 aliphatic rings. The van der Waals surface area contributed by atoms with Crippen LogP contribution < -0.4 is 5.73 Å². The van der Waals surface area contributed by atoms with Crippen molar-refractivity contribution in [1.82, 2.24) is 5.06 Å². The van der Waals surface area contributed by atoms with E-state index >= 15 is 0 Å². The van der Waals surface area contributed by atoms with Crippen LogP contribution in [0.25, 0.3) is 0 Å². The van der Waals surface area contributed by atoms with Crippen molar-refractivity contribution in [3.05, 3.63) is 35.9 Å². The van der Waals surface area contributed by atoms with Crippen LogP contribution in [0.4, 0.5) is 0 Å². The molecule has 0 saturated heterocycles. The van der Waals surface area contributed by atoms with Gasteiger partial charge < -0.3 is 5.73 Å². The summed E-state index contributed by atoms with van der Waals surface area (Å²) in [4.78, 5) is 16.8. The van der Waals surface area contributed by atoms with Crippen molar-refractivity contribution < 1.29 is 9.63 Å². The highest BCUT2D eigenvalue weighted by atomic mass is 16.7. The van der Waals surface area contributed by atoms with E-state index in [0.717, 1.165) is 5.56 Å². The molecule has 0 aliphatic carbocycles. The predicted molar refractivity (Wildman–Crippen MR) is 62.3 cm³/mol. The van der Waals surface area contributed by atoms with E-state index in [1.807, 2.05) is 30.3 Å². The fourth-order valence-corrected chi connectivity index (χ4v) is 1.23. The SMILES string of the molecule is CN(OCc1ccccc1)C(=O)CCCN. The summed E-state index contributed by atoms with van der Waals surface area (Å²) >= 11 is 0. The van der Waals surface area contributed by atoms with E-state index in [1.165, 1.54) is 5.06 Å². The summed E-state index contributed by atoms with van der Waals surface area (Å²) in [5.41, 5.74) is 6.37. The molecule has 0 heterocycles. The third kappa shape index (κ3) is 4.42. The molecule has 0 aliphatic heterocycles. The Morgan fingerprint density at radius 1 is 1.38 bits per heavy atom. The number of amides is 1. The van der Waals surface area contributed by atoms with E-state index in [9.17, 15) is 4.79 Å². The second-order valence-corrected chi connectivity index (χ2v) is 3.54. The van der Waals surface area contributed by atoms with Crippen molar-refractivity contribution in [1.29, 1.82) is 0 Å². The number of hydroxylamine groups is 2. The first kappa shape index (κ1) is 12.7. The van der Waals surface area contributed by atoms with Gasteiger partial charge in [-0.1, -0.05) is 30.3 Å². The highest BCUT2D eigenvalue weighted by molar-refractivity contribution is 5.74. The largest absolute Gasteiger partial charge is 0.330 e. The van der Waals surface area contributed by atoms with Gasteiger partial charge in [-0.25, -0.2) is 5.06 Å². The summed E-state index contributed by atoms with van der Waals surface area (Å²) in [6.07, 6.45) is 1.12. The molecule has 1 aromatic rings. The Bertz CT molecular complexity index is 314. The maximum absolute atomic E-state index is 11.5. The summed E-state index contributed by atoms with van der Waals surface area (Å²) in [5.74, 6) is -0.0404. The van der Waals surface area contributed by atoms with Crippen molar-refractivity contribution in [3.8, 4) is 0 Å². The van der Waals surface area contributed by atoms with Crippen LogP contribution in [-0.4, -0.2) is 24.6 Å². The van der Waals surface area contributed by atoms with Crippen LogP contribution in [0.5, 0.6) is 0 Å². The number of nitrogens with two attached hydrogens (primary N) is 1. The van der Waals surface area contributed by atoms with E-state index in [1.54, 1.807) is 7.05 Å². The molecule has 0 spiro atoms. The maximum Gasteiger partial charge on any atom is 0.245 e. The predicted octanol–water partition coefficient (Wildman–Crippen LogP) is 1.32.